The number of benzene rings is 2. The molecule has 0 spiro atoms. The Hall–Kier alpha value is -2.30. The number of hydrogen-bond acceptors (Lipinski definition) is 7. The van der Waals surface area contributed by atoms with Crippen LogP contribution in [0.25, 0.3) is 0 Å². The first-order valence-corrected chi connectivity index (χ1v) is 11.4. The molecule has 27 heavy (non-hydrogen) atoms. The summed E-state index contributed by atoms with van der Waals surface area (Å²) in [6.45, 7) is 0.857. The van der Waals surface area contributed by atoms with Crippen LogP contribution in [0.15, 0.2) is 52.3 Å². The molecule has 0 amide bonds. The molecule has 3 N–H and O–H groups in total. The number of hydrogen-bond donors (Lipinski definition) is 2. The molecule has 0 unspecified atom stereocenters. The molecule has 0 saturated carbocycles. The van der Waals surface area contributed by atoms with E-state index in [1.807, 2.05) is 0 Å². The van der Waals surface area contributed by atoms with Crippen molar-refractivity contribution in [3.63, 3.8) is 0 Å². The predicted octanol–water partition coefficient (Wildman–Crippen LogP) is 1.63. The van der Waals surface area contributed by atoms with Crippen LogP contribution >= 0.6 is 0 Å². The minimum atomic E-state index is -3.99. The maximum Gasteiger partial charge on any atom is 0.238 e. The van der Waals surface area contributed by atoms with Crippen LogP contribution in [0.4, 0.5) is 5.69 Å². The van der Waals surface area contributed by atoms with Crippen LogP contribution in [0.3, 0.4) is 0 Å². The Bertz CT molecular complexity index is 987. The van der Waals surface area contributed by atoms with Gasteiger partial charge in [-0.1, -0.05) is 0 Å². The monoisotopic (exact) mass is 414 g/mol. The summed E-state index contributed by atoms with van der Waals surface area (Å²) in [5, 5.41) is 8.05. The molecule has 0 radical (unpaired) electrons. The van der Waals surface area contributed by atoms with Crippen molar-refractivity contribution in [2.45, 2.75) is 16.2 Å². The SMILES string of the molecule is COc1ccc(OCCCNc2ccc(S(N)(=O)=O)cc2S(C)(=O)=O)cc1. The van der Waals surface area contributed by atoms with Gasteiger partial charge in [0.25, 0.3) is 0 Å². The average molecular weight is 415 g/mol. The van der Waals surface area contributed by atoms with E-state index in [0.29, 0.717) is 31.0 Å². The number of rotatable bonds is 9. The van der Waals surface area contributed by atoms with E-state index in [1.165, 1.54) is 12.1 Å². The van der Waals surface area contributed by atoms with Gasteiger partial charge in [0.1, 0.15) is 11.5 Å². The summed E-state index contributed by atoms with van der Waals surface area (Å²) in [7, 11) is -6.04. The summed E-state index contributed by atoms with van der Waals surface area (Å²) < 4.78 is 57.4. The minimum absolute atomic E-state index is 0.120. The van der Waals surface area contributed by atoms with E-state index in [9.17, 15) is 16.8 Å². The summed E-state index contributed by atoms with van der Waals surface area (Å²) in [4.78, 5) is -0.374. The van der Waals surface area contributed by atoms with E-state index in [-0.39, 0.29) is 9.79 Å². The van der Waals surface area contributed by atoms with Crippen molar-refractivity contribution in [3.05, 3.63) is 42.5 Å². The Morgan fingerprint density at radius 1 is 1.00 bits per heavy atom. The number of anilines is 1. The molecule has 0 aliphatic rings. The Labute approximate surface area is 159 Å². The third-order valence-corrected chi connectivity index (χ3v) is 5.69. The van der Waals surface area contributed by atoms with Crippen LogP contribution in [-0.2, 0) is 19.9 Å². The van der Waals surface area contributed by atoms with Gasteiger partial charge in [-0.3, -0.25) is 0 Å². The maximum absolute atomic E-state index is 11.9. The number of methoxy groups -OCH3 is 1. The maximum atomic E-state index is 11.9. The van der Waals surface area contributed by atoms with Gasteiger partial charge in [0, 0.05) is 12.8 Å². The standard InChI is InChI=1S/C17H22N2O6S2/c1-24-13-4-6-14(7-5-13)25-11-3-10-19-16-9-8-15(27(18,22)23)12-17(16)26(2,20)21/h4-9,12,19H,3,10-11H2,1-2H3,(H2,18,22,23). The highest BCUT2D eigenvalue weighted by atomic mass is 32.2. The van der Waals surface area contributed by atoms with Gasteiger partial charge in [0.15, 0.2) is 9.84 Å². The highest BCUT2D eigenvalue weighted by Crippen LogP contribution is 2.24. The average Bonchev–Trinajstić information content (AvgIpc) is 2.60. The zero-order valence-electron chi connectivity index (χ0n) is 15.0. The molecule has 2 aromatic carbocycles. The van der Waals surface area contributed by atoms with E-state index in [2.05, 4.69) is 5.32 Å². The van der Waals surface area contributed by atoms with Crippen molar-refractivity contribution in [1.29, 1.82) is 0 Å². The fourth-order valence-corrected chi connectivity index (χ4v) is 3.78. The molecule has 0 fully saturated rings. The molecule has 148 valence electrons. The number of nitrogens with one attached hydrogen (secondary N) is 1. The van der Waals surface area contributed by atoms with Crippen LogP contribution in [0.2, 0.25) is 0 Å². The highest BCUT2D eigenvalue weighted by molar-refractivity contribution is 7.91. The van der Waals surface area contributed by atoms with Crippen molar-refractivity contribution >= 4 is 25.5 Å². The Morgan fingerprint density at radius 3 is 2.19 bits per heavy atom. The molecule has 0 saturated heterocycles. The van der Waals surface area contributed by atoms with E-state index in [4.69, 9.17) is 14.6 Å². The first-order chi connectivity index (χ1) is 12.6. The van der Waals surface area contributed by atoms with Crippen molar-refractivity contribution in [2.75, 3.05) is 31.8 Å². The molecule has 2 aromatic rings. The lowest BCUT2D eigenvalue weighted by atomic mass is 10.3. The van der Waals surface area contributed by atoms with Crippen molar-refractivity contribution in [2.24, 2.45) is 5.14 Å². The van der Waals surface area contributed by atoms with Crippen LogP contribution in [0.5, 0.6) is 11.5 Å². The molecule has 2 rings (SSSR count). The Morgan fingerprint density at radius 2 is 1.63 bits per heavy atom. The minimum Gasteiger partial charge on any atom is -0.497 e. The number of sulfone groups is 1. The molecule has 0 bridgehead atoms. The van der Waals surface area contributed by atoms with Gasteiger partial charge in [-0.15, -0.1) is 0 Å². The second kappa shape index (κ2) is 8.59. The summed E-state index contributed by atoms with van der Waals surface area (Å²) >= 11 is 0. The Kier molecular flexibility index (Phi) is 6.68. The predicted molar refractivity (Wildman–Crippen MR) is 103 cm³/mol. The number of sulfonamides is 1. The molecular weight excluding hydrogens is 392 g/mol. The number of primary sulfonamides is 1. The lowest BCUT2D eigenvalue weighted by Crippen LogP contribution is -2.15. The van der Waals surface area contributed by atoms with E-state index >= 15 is 0 Å². The first-order valence-electron chi connectivity index (χ1n) is 7.99. The van der Waals surface area contributed by atoms with Crippen LogP contribution in [-0.4, -0.2) is 43.4 Å². The van der Waals surface area contributed by atoms with Crippen molar-refractivity contribution < 1.29 is 26.3 Å². The fourth-order valence-electron chi connectivity index (χ4n) is 2.29. The first kappa shape index (κ1) is 21.0. The number of nitrogens with two attached hydrogens (primary N) is 1. The molecule has 8 nitrogen and oxygen atoms in total. The normalized spacial score (nSPS) is 11.8. The topological polar surface area (TPSA) is 125 Å². The molecule has 10 heteroatoms. The Balaban J connectivity index is 1.96. The summed E-state index contributed by atoms with van der Waals surface area (Å²) in [6.07, 6.45) is 1.61. The van der Waals surface area contributed by atoms with Crippen LogP contribution < -0.4 is 19.9 Å². The van der Waals surface area contributed by atoms with Gasteiger partial charge in [-0.25, -0.2) is 22.0 Å². The lowest BCUT2D eigenvalue weighted by Gasteiger charge is -2.13. The van der Waals surface area contributed by atoms with Gasteiger partial charge in [0.05, 0.1) is 29.2 Å². The van der Waals surface area contributed by atoms with E-state index < -0.39 is 19.9 Å². The number of ether oxygens (including phenoxy) is 2. The van der Waals surface area contributed by atoms with Gasteiger partial charge in [0.2, 0.25) is 10.0 Å². The highest BCUT2D eigenvalue weighted by Gasteiger charge is 2.18. The fraction of sp³-hybridized carbons (Fsp3) is 0.294. The second-order valence-electron chi connectivity index (χ2n) is 5.78. The lowest BCUT2D eigenvalue weighted by molar-refractivity contribution is 0.314. The summed E-state index contributed by atoms with van der Waals surface area (Å²) in [6, 6.07) is 10.9. The third-order valence-electron chi connectivity index (χ3n) is 3.65. The zero-order valence-corrected chi connectivity index (χ0v) is 16.6. The van der Waals surface area contributed by atoms with Crippen LogP contribution in [0.1, 0.15) is 6.42 Å². The largest absolute Gasteiger partial charge is 0.497 e. The smallest absolute Gasteiger partial charge is 0.238 e. The molecule has 0 aromatic heterocycles. The summed E-state index contributed by atoms with van der Waals surface area (Å²) in [5.41, 5.74) is 0.314. The quantitative estimate of drug-likeness (QED) is 0.597. The van der Waals surface area contributed by atoms with Gasteiger partial charge < -0.3 is 14.8 Å². The molecule has 0 aliphatic heterocycles. The summed E-state index contributed by atoms with van der Waals surface area (Å²) in [5.74, 6) is 1.44. The molecule has 0 atom stereocenters. The van der Waals surface area contributed by atoms with E-state index in [1.54, 1.807) is 31.4 Å². The second-order valence-corrected chi connectivity index (χ2v) is 9.33. The zero-order chi connectivity index (χ0) is 20.1. The molecular formula is C17H22N2O6S2. The van der Waals surface area contributed by atoms with Crippen LogP contribution in [0, 0.1) is 0 Å². The van der Waals surface area contributed by atoms with Crippen molar-refractivity contribution in [3.8, 4) is 11.5 Å². The molecule has 0 heterocycles. The van der Waals surface area contributed by atoms with E-state index in [0.717, 1.165) is 18.1 Å². The van der Waals surface area contributed by atoms with Gasteiger partial charge >= 0.3 is 0 Å². The van der Waals surface area contributed by atoms with Crippen molar-refractivity contribution in [1.82, 2.24) is 0 Å². The third kappa shape index (κ3) is 6.12. The molecule has 0 aliphatic carbocycles. The van der Waals surface area contributed by atoms with Gasteiger partial charge in [-0.2, -0.15) is 0 Å². The van der Waals surface area contributed by atoms with Gasteiger partial charge in [-0.05, 0) is 48.9 Å².